The van der Waals surface area contributed by atoms with E-state index in [9.17, 15) is 43.7 Å². The molecule has 2 aliphatic rings. The molecule has 3 amide bonds. The zero-order valence-electron chi connectivity index (χ0n) is 36.6. The van der Waals surface area contributed by atoms with Crippen molar-refractivity contribution < 1.29 is 48.4 Å². The number of aliphatic hydroxyl groups excluding tert-OH is 1. The molecule has 2 atom stereocenters. The number of ether oxygens (including phenoxy) is 1. The van der Waals surface area contributed by atoms with E-state index in [0.29, 0.717) is 61.0 Å². The Balaban J connectivity index is 0.000000194. The number of methoxy groups -OCH3 is 1. The molecule has 336 valence electrons. The number of aliphatic hydroxyl groups is 1. The van der Waals surface area contributed by atoms with Crippen LogP contribution >= 0.6 is 0 Å². The van der Waals surface area contributed by atoms with E-state index in [-0.39, 0.29) is 46.9 Å². The Kier molecular flexibility index (Phi) is 13.3. The van der Waals surface area contributed by atoms with Crippen molar-refractivity contribution in [1.29, 1.82) is 0 Å². The Morgan fingerprint density at radius 3 is 1.54 bits per heavy atom. The molecule has 6 aromatic rings. The highest BCUT2D eigenvalue weighted by Crippen LogP contribution is 2.32. The smallest absolute Gasteiger partial charge is 0.337 e. The van der Waals surface area contributed by atoms with Crippen molar-refractivity contribution in [3.63, 3.8) is 0 Å². The van der Waals surface area contributed by atoms with Gasteiger partial charge in [-0.05, 0) is 112 Å². The molecule has 2 aliphatic heterocycles. The van der Waals surface area contributed by atoms with Gasteiger partial charge in [0.25, 0.3) is 17.7 Å². The van der Waals surface area contributed by atoms with Gasteiger partial charge in [-0.1, -0.05) is 12.1 Å². The number of amides is 3. The number of likely N-dealkylation sites (tertiary alicyclic amines) is 1. The van der Waals surface area contributed by atoms with Crippen molar-refractivity contribution in [2.24, 2.45) is 0 Å². The summed E-state index contributed by atoms with van der Waals surface area (Å²) >= 11 is 0. The topological polar surface area (TPSA) is 188 Å². The number of rotatable bonds is 9. The second kappa shape index (κ2) is 19.0. The molecule has 0 saturated carbocycles. The molecule has 3 N–H and O–H groups in total. The van der Waals surface area contributed by atoms with Gasteiger partial charge >= 0.3 is 11.9 Å². The number of aromatic nitrogens is 3. The Morgan fingerprint density at radius 2 is 1.08 bits per heavy atom. The third kappa shape index (κ3) is 9.53. The molecule has 0 aliphatic carbocycles. The molecular weight excluding hydrogens is 836 g/mol. The van der Waals surface area contributed by atoms with E-state index in [2.05, 4.69) is 4.98 Å². The molecule has 0 spiro atoms. The number of carboxylic acid groups (broad SMARTS) is 2. The van der Waals surface area contributed by atoms with Crippen LogP contribution in [0.2, 0.25) is 0 Å². The molecule has 3 aromatic carbocycles. The minimum absolute atomic E-state index is 0.105. The molecule has 0 bridgehead atoms. The van der Waals surface area contributed by atoms with E-state index in [1.165, 1.54) is 30.5 Å². The average Bonchev–Trinajstić information content (AvgIpc) is 3.98. The van der Waals surface area contributed by atoms with Gasteiger partial charge in [0, 0.05) is 85.3 Å². The van der Waals surface area contributed by atoms with E-state index in [4.69, 9.17) is 4.74 Å². The predicted molar refractivity (Wildman–Crippen MR) is 238 cm³/mol. The Morgan fingerprint density at radius 1 is 0.600 bits per heavy atom. The lowest BCUT2D eigenvalue weighted by Gasteiger charge is -2.35. The fourth-order valence-corrected chi connectivity index (χ4v) is 8.50. The minimum atomic E-state index is -1.07. The third-order valence-electron chi connectivity index (χ3n) is 11.9. The van der Waals surface area contributed by atoms with E-state index in [1.54, 1.807) is 33.9 Å². The highest BCUT2D eigenvalue weighted by atomic mass is 19.1. The number of carbonyl (C=O) groups is 5. The SMILES string of the molecule is COc1cccc([C@H]2CN(C(=O)c3ccc(C(=O)O)c(-n4c(C)ccc4C)c3)C[C@@H]2O)c1.Cc1ccc(C)n1-c1cc(C(=O)N2CCN(C(=O)c3cncc(F)c3)CC2)ccc1C(=O)O. The highest BCUT2D eigenvalue weighted by molar-refractivity contribution is 6.00. The first kappa shape index (κ1) is 45.4. The lowest BCUT2D eigenvalue weighted by molar-refractivity contribution is 0.0535. The van der Waals surface area contributed by atoms with E-state index < -0.39 is 23.9 Å². The summed E-state index contributed by atoms with van der Waals surface area (Å²) in [5.41, 5.74) is 6.42. The number of pyridine rings is 1. The lowest BCUT2D eigenvalue weighted by Crippen LogP contribution is -2.50. The summed E-state index contributed by atoms with van der Waals surface area (Å²) in [6.45, 7) is 9.33. The molecule has 3 aromatic heterocycles. The lowest BCUT2D eigenvalue weighted by atomic mass is 9.96. The number of hydrogen-bond acceptors (Lipinski definition) is 8. The number of aryl methyl sites for hydroxylation is 4. The summed E-state index contributed by atoms with van der Waals surface area (Å²) in [5.74, 6) is -3.04. The van der Waals surface area contributed by atoms with Gasteiger partial charge in [0.1, 0.15) is 11.6 Å². The zero-order valence-corrected chi connectivity index (χ0v) is 36.6. The number of carboxylic acids is 2. The number of hydrogen-bond donors (Lipinski definition) is 3. The molecule has 5 heterocycles. The fraction of sp³-hybridized carbons (Fsp3) is 0.265. The molecule has 15 nitrogen and oxygen atoms in total. The number of carbonyl (C=O) groups excluding carboxylic acids is 3. The normalized spacial score (nSPS) is 15.9. The van der Waals surface area contributed by atoms with Crippen LogP contribution in [0.1, 0.15) is 86.0 Å². The molecular formula is C49H49FN6O9. The maximum atomic E-state index is 13.4. The van der Waals surface area contributed by atoms with E-state index in [1.807, 2.05) is 85.4 Å². The van der Waals surface area contributed by atoms with Crippen molar-refractivity contribution in [3.05, 3.63) is 165 Å². The van der Waals surface area contributed by atoms with Gasteiger partial charge in [-0.2, -0.15) is 0 Å². The van der Waals surface area contributed by atoms with Gasteiger partial charge in [0.05, 0.1) is 47.5 Å². The van der Waals surface area contributed by atoms with Crippen LogP contribution in [-0.4, -0.2) is 126 Å². The van der Waals surface area contributed by atoms with Crippen molar-refractivity contribution in [1.82, 2.24) is 28.8 Å². The quantitative estimate of drug-likeness (QED) is 0.148. The molecule has 2 fully saturated rings. The number of nitrogens with zero attached hydrogens (tertiary/aromatic N) is 6. The maximum absolute atomic E-state index is 13.4. The van der Waals surface area contributed by atoms with Crippen LogP contribution in [0.4, 0.5) is 4.39 Å². The zero-order chi connectivity index (χ0) is 46.7. The third-order valence-corrected chi connectivity index (χ3v) is 11.9. The Hall–Kier alpha value is -7.59. The minimum Gasteiger partial charge on any atom is -0.497 e. The van der Waals surface area contributed by atoms with E-state index >= 15 is 0 Å². The summed E-state index contributed by atoms with van der Waals surface area (Å²) in [6, 6.07) is 25.4. The second-order valence-electron chi connectivity index (χ2n) is 16.1. The molecule has 2 saturated heterocycles. The number of halogens is 1. The number of aromatic carboxylic acids is 2. The van der Waals surface area contributed by atoms with Gasteiger partial charge in [-0.3, -0.25) is 19.4 Å². The number of benzene rings is 3. The molecule has 0 radical (unpaired) electrons. The maximum Gasteiger partial charge on any atom is 0.337 e. The molecule has 65 heavy (non-hydrogen) atoms. The van der Waals surface area contributed by atoms with Crippen molar-refractivity contribution >= 4 is 29.7 Å². The van der Waals surface area contributed by atoms with Gasteiger partial charge in [-0.25, -0.2) is 14.0 Å². The van der Waals surface area contributed by atoms with E-state index in [0.717, 1.165) is 40.6 Å². The summed E-state index contributed by atoms with van der Waals surface area (Å²) < 4.78 is 22.3. The average molecular weight is 885 g/mol. The Bertz CT molecular complexity index is 2770. The standard InChI is InChI=1S/C25H26N2O5.C24H23FN4O4/c1-15-7-8-16(2)27(15)22-12-18(9-10-20(22)25(30)31)24(29)26-13-21(23(28)14-26)17-5-4-6-19(11-17)32-3;1-15-3-4-16(2)29(15)21-12-17(5-6-20(21)24(32)33)22(30)27-7-9-28(10-8-27)23(31)18-11-19(25)14-26-13-18/h4-12,21,23,28H,13-14H2,1-3H3,(H,30,31);3-6,11-14H,7-10H2,1-2H3,(H,32,33)/t21-,23+;/m1./s1. The van der Waals surface area contributed by atoms with Crippen molar-refractivity contribution in [3.8, 4) is 17.1 Å². The van der Waals surface area contributed by atoms with Crippen LogP contribution in [0.3, 0.4) is 0 Å². The summed E-state index contributed by atoms with van der Waals surface area (Å²) in [7, 11) is 1.59. The Labute approximate surface area is 374 Å². The highest BCUT2D eigenvalue weighted by Gasteiger charge is 2.36. The first-order chi connectivity index (χ1) is 31.1. The first-order valence-electron chi connectivity index (χ1n) is 20.9. The van der Waals surface area contributed by atoms with Crippen molar-refractivity contribution in [2.45, 2.75) is 39.7 Å². The molecule has 0 unspecified atom stereocenters. The molecule has 8 rings (SSSR count). The van der Waals surface area contributed by atoms with Gasteiger partial charge in [-0.15, -0.1) is 0 Å². The van der Waals surface area contributed by atoms with Crippen LogP contribution in [0.25, 0.3) is 11.4 Å². The van der Waals surface area contributed by atoms with Crippen LogP contribution in [-0.2, 0) is 0 Å². The van der Waals surface area contributed by atoms with Crippen LogP contribution < -0.4 is 4.74 Å². The predicted octanol–water partition coefficient (Wildman–Crippen LogP) is 6.33. The summed E-state index contributed by atoms with van der Waals surface area (Å²) in [4.78, 5) is 71.2. The number of piperazine rings is 1. The second-order valence-corrected chi connectivity index (χ2v) is 16.1. The van der Waals surface area contributed by atoms with Gasteiger partial charge in [0.15, 0.2) is 0 Å². The van der Waals surface area contributed by atoms with Crippen LogP contribution in [0.5, 0.6) is 5.75 Å². The number of β-amino-alcohol motifs (C(OH)–C–C–N with tert-alkyl or cyclic N) is 1. The molecule has 16 heteroatoms. The van der Waals surface area contributed by atoms with Gasteiger partial charge < -0.3 is 43.9 Å². The largest absolute Gasteiger partial charge is 0.497 e. The van der Waals surface area contributed by atoms with Gasteiger partial charge in [0.2, 0.25) is 0 Å². The van der Waals surface area contributed by atoms with Crippen LogP contribution in [0, 0.1) is 33.5 Å². The van der Waals surface area contributed by atoms with Crippen molar-refractivity contribution in [2.75, 3.05) is 46.4 Å². The van der Waals surface area contributed by atoms with Crippen LogP contribution in [0.15, 0.2) is 103 Å². The summed E-state index contributed by atoms with van der Waals surface area (Å²) in [6.07, 6.45) is 1.66. The first-order valence-corrected chi connectivity index (χ1v) is 20.9. The monoisotopic (exact) mass is 884 g/mol. The summed E-state index contributed by atoms with van der Waals surface area (Å²) in [5, 5.41) is 30.0. The fourth-order valence-electron chi connectivity index (χ4n) is 8.50.